The van der Waals surface area contributed by atoms with Gasteiger partial charge in [0.05, 0.1) is 13.0 Å². The smallest absolute Gasteiger partial charge is 0.408 e. The number of hydrogen-bond acceptors (Lipinski definition) is 6. The van der Waals surface area contributed by atoms with E-state index in [-0.39, 0.29) is 6.54 Å². The highest BCUT2D eigenvalue weighted by molar-refractivity contribution is 5.95. The summed E-state index contributed by atoms with van der Waals surface area (Å²) >= 11 is 0. The van der Waals surface area contributed by atoms with Crippen molar-refractivity contribution in [2.45, 2.75) is 71.2 Å². The highest BCUT2D eigenvalue weighted by Gasteiger charge is 2.38. The Morgan fingerprint density at radius 3 is 2.23 bits per heavy atom. The normalized spacial score (nSPS) is 13.1. The van der Waals surface area contributed by atoms with Crippen molar-refractivity contribution in [3.8, 4) is 12.3 Å². The molecule has 4 amide bonds. The molecule has 192 valence electrons. The number of benzene rings is 1. The summed E-state index contributed by atoms with van der Waals surface area (Å²) in [4.78, 5) is 52.3. The first kappa shape index (κ1) is 29.5. The summed E-state index contributed by atoms with van der Waals surface area (Å²) in [7, 11) is 0. The molecular weight excluding hydrogens is 452 g/mol. The Morgan fingerprint density at radius 2 is 1.74 bits per heavy atom. The number of terminal acetylenes is 1. The number of nitrogens with zero attached hydrogens (tertiary/aromatic N) is 1. The first-order valence-electron chi connectivity index (χ1n) is 11.2. The molecule has 0 fully saturated rings. The zero-order valence-electron chi connectivity index (χ0n) is 21.2. The van der Waals surface area contributed by atoms with Gasteiger partial charge in [0.15, 0.2) is 0 Å². The third-order valence-electron chi connectivity index (χ3n) is 4.49. The van der Waals surface area contributed by atoms with E-state index in [1.165, 1.54) is 0 Å². The lowest BCUT2D eigenvalue weighted by Crippen LogP contribution is -2.56. The highest BCUT2D eigenvalue weighted by atomic mass is 16.6. The van der Waals surface area contributed by atoms with Crippen molar-refractivity contribution in [3.63, 3.8) is 0 Å². The van der Waals surface area contributed by atoms with Crippen LogP contribution in [-0.4, -0.2) is 64.2 Å². The number of primary amides is 1. The van der Waals surface area contributed by atoms with Crippen LogP contribution in [0.3, 0.4) is 0 Å². The van der Waals surface area contributed by atoms with Crippen molar-refractivity contribution in [3.05, 3.63) is 35.4 Å². The van der Waals surface area contributed by atoms with Crippen LogP contribution in [0.1, 0.15) is 65.1 Å². The van der Waals surface area contributed by atoms with Crippen molar-refractivity contribution in [2.24, 2.45) is 5.73 Å². The second-order valence-corrected chi connectivity index (χ2v) is 10.00. The predicted octanol–water partition coefficient (Wildman–Crippen LogP) is 1.21. The fourth-order valence-electron chi connectivity index (χ4n) is 3.28. The number of alkyl carbamates (subject to hydrolysis) is 1. The minimum atomic E-state index is -1.45. The molecule has 0 heterocycles. The Labute approximate surface area is 206 Å². The lowest BCUT2D eigenvalue weighted by molar-refractivity contribution is -0.144. The van der Waals surface area contributed by atoms with Gasteiger partial charge in [0.2, 0.25) is 17.7 Å². The van der Waals surface area contributed by atoms with E-state index < -0.39 is 60.1 Å². The number of aliphatic hydroxyl groups excluding tert-OH is 1. The van der Waals surface area contributed by atoms with Crippen molar-refractivity contribution >= 4 is 23.8 Å². The summed E-state index contributed by atoms with van der Waals surface area (Å²) in [6.07, 6.45) is 4.15. The third-order valence-corrected chi connectivity index (χ3v) is 4.49. The SMILES string of the molecule is C#Cc1ccccc1C(C(=O)NC(C)(C)C)N(CCO)C(=O)C(CC(N)=O)NC(=O)OC(C)(C)C. The maximum atomic E-state index is 13.7. The zero-order chi connectivity index (χ0) is 27.0. The monoisotopic (exact) mass is 488 g/mol. The average Bonchev–Trinajstić information content (AvgIpc) is 2.69. The number of carbonyl (C=O) groups excluding carboxylic acids is 4. The standard InChI is InChI=1S/C25H36N4O6/c1-8-16-11-9-10-12-17(16)20(21(32)28-24(2,3)4)29(13-14-30)22(33)18(15-19(26)31)27-23(34)35-25(5,6)7/h1,9-12,18,20,30H,13-15H2,2-7H3,(H2,26,31)(H,27,34)(H,28,32). The van der Waals surface area contributed by atoms with Gasteiger partial charge in [-0.15, -0.1) is 6.42 Å². The lowest BCUT2D eigenvalue weighted by atomic mass is 9.96. The first-order chi connectivity index (χ1) is 16.1. The predicted molar refractivity (Wildman–Crippen MR) is 131 cm³/mol. The van der Waals surface area contributed by atoms with Gasteiger partial charge in [-0.25, -0.2) is 4.79 Å². The van der Waals surface area contributed by atoms with Gasteiger partial charge in [-0.2, -0.15) is 0 Å². The van der Waals surface area contributed by atoms with Gasteiger partial charge >= 0.3 is 6.09 Å². The zero-order valence-corrected chi connectivity index (χ0v) is 21.2. The number of aliphatic hydroxyl groups is 1. The number of hydrogen-bond donors (Lipinski definition) is 4. The number of ether oxygens (including phenoxy) is 1. The lowest BCUT2D eigenvalue weighted by Gasteiger charge is -2.35. The molecule has 10 heteroatoms. The number of amides is 4. The molecule has 0 aliphatic heterocycles. The molecule has 0 bridgehead atoms. The minimum Gasteiger partial charge on any atom is -0.444 e. The summed E-state index contributed by atoms with van der Waals surface area (Å²) in [5, 5.41) is 14.9. The van der Waals surface area contributed by atoms with Crippen molar-refractivity contribution in [2.75, 3.05) is 13.2 Å². The molecule has 0 aliphatic carbocycles. The molecule has 0 saturated carbocycles. The van der Waals surface area contributed by atoms with Crippen LogP contribution in [0.5, 0.6) is 0 Å². The number of rotatable bonds is 9. The number of nitrogens with two attached hydrogens (primary N) is 1. The molecule has 10 nitrogen and oxygen atoms in total. The van der Waals surface area contributed by atoms with Gasteiger partial charge in [-0.3, -0.25) is 14.4 Å². The molecular formula is C25H36N4O6. The van der Waals surface area contributed by atoms with Gasteiger partial charge in [0.25, 0.3) is 0 Å². The van der Waals surface area contributed by atoms with Gasteiger partial charge < -0.3 is 31.1 Å². The van der Waals surface area contributed by atoms with Gasteiger partial charge in [0.1, 0.15) is 17.7 Å². The fraction of sp³-hybridized carbons (Fsp3) is 0.520. The molecule has 0 saturated heterocycles. The van der Waals surface area contributed by atoms with Crippen molar-refractivity contribution in [1.82, 2.24) is 15.5 Å². The van der Waals surface area contributed by atoms with E-state index in [2.05, 4.69) is 16.6 Å². The van der Waals surface area contributed by atoms with E-state index in [0.29, 0.717) is 11.1 Å². The molecule has 1 aromatic rings. The summed E-state index contributed by atoms with van der Waals surface area (Å²) in [6.45, 7) is 9.44. The molecule has 1 rings (SSSR count). The molecule has 1 aromatic carbocycles. The van der Waals surface area contributed by atoms with E-state index in [0.717, 1.165) is 4.90 Å². The Morgan fingerprint density at radius 1 is 1.14 bits per heavy atom. The van der Waals surface area contributed by atoms with Crippen LogP contribution in [-0.2, 0) is 19.1 Å². The molecule has 35 heavy (non-hydrogen) atoms. The van der Waals surface area contributed by atoms with E-state index in [9.17, 15) is 24.3 Å². The Balaban J connectivity index is 3.56. The van der Waals surface area contributed by atoms with Crippen LogP contribution in [0.2, 0.25) is 0 Å². The van der Waals surface area contributed by atoms with E-state index in [1.807, 2.05) is 0 Å². The van der Waals surface area contributed by atoms with E-state index >= 15 is 0 Å². The van der Waals surface area contributed by atoms with Gasteiger partial charge in [-0.05, 0) is 53.2 Å². The maximum Gasteiger partial charge on any atom is 0.408 e. The van der Waals surface area contributed by atoms with Crippen LogP contribution in [0, 0.1) is 12.3 Å². The van der Waals surface area contributed by atoms with Crippen LogP contribution < -0.4 is 16.4 Å². The molecule has 0 spiro atoms. The second kappa shape index (κ2) is 12.2. The van der Waals surface area contributed by atoms with E-state index in [4.69, 9.17) is 16.9 Å². The van der Waals surface area contributed by atoms with Crippen LogP contribution in [0.4, 0.5) is 4.79 Å². The summed E-state index contributed by atoms with van der Waals surface area (Å²) in [5.41, 5.74) is 4.51. The Bertz CT molecular complexity index is 971. The van der Waals surface area contributed by atoms with Crippen molar-refractivity contribution in [1.29, 1.82) is 0 Å². The first-order valence-corrected chi connectivity index (χ1v) is 11.2. The van der Waals surface area contributed by atoms with Crippen LogP contribution in [0.25, 0.3) is 0 Å². The quantitative estimate of drug-likeness (QED) is 0.384. The molecule has 0 aliphatic rings. The third kappa shape index (κ3) is 9.66. The Hall–Kier alpha value is -3.58. The fourth-order valence-corrected chi connectivity index (χ4v) is 3.28. The molecule has 5 N–H and O–H groups in total. The minimum absolute atomic E-state index is 0.286. The molecule has 0 aromatic heterocycles. The largest absolute Gasteiger partial charge is 0.444 e. The molecule has 2 unspecified atom stereocenters. The molecule has 0 radical (unpaired) electrons. The maximum absolute atomic E-state index is 13.7. The summed E-state index contributed by atoms with van der Waals surface area (Å²) < 4.78 is 5.21. The summed E-state index contributed by atoms with van der Waals surface area (Å²) in [6, 6.07) is 3.86. The highest BCUT2D eigenvalue weighted by Crippen LogP contribution is 2.26. The number of carbonyl (C=O) groups is 4. The van der Waals surface area contributed by atoms with Gasteiger partial charge in [0, 0.05) is 17.6 Å². The topological polar surface area (TPSA) is 151 Å². The van der Waals surface area contributed by atoms with Crippen LogP contribution >= 0.6 is 0 Å². The average molecular weight is 489 g/mol. The summed E-state index contributed by atoms with van der Waals surface area (Å²) in [5.74, 6) is 0.273. The number of nitrogens with one attached hydrogen (secondary N) is 2. The van der Waals surface area contributed by atoms with Crippen molar-refractivity contribution < 1.29 is 29.0 Å². The molecule has 2 atom stereocenters. The van der Waals surface area contributed by atoms with Crippen LogP contribution in [0.15, 0.2) is 24.3 Å². The Kier molecular flexibility index (Phi) is 10.3. The van der Waals surface area contributed by atoms with Gasteiger partial charge in [-0.1, -0.05) is 24.1 Å². The second-order valence-electron chi connectivity index (χ2n) is 10.00. The van der Waals surface area contributed by atoms with E-state index in [1.54, 1.807) is 65.8 Å².